The van der Waals surface area contributed by atoms with E-state index >= 15 is 0 Å². The van der Waals surface area contributed by atoms with E-state index in [-0.39, 0.29) is 0 Å². The minimum Gasteiger partial charge on any atom is -0.479 e. The molecule has 0 saturated heterocycles. The molecule has 1 atom stereocenters. The van der Waals surface area contributed by atoms with Crippen LogP contribution in [0.25, 0.3) is 0 Å². The molecule has 0 fully saturated rings. The van der Waals surface area contributed by atoms with Gasteiger partial charge in [-0.25, -0.2) is 9.78 Å². The first-order valence-corrected chi connectivity index (χ1v) is 7.06. The van der Waals surface area contributed by atoms with Crippen LogP contribution in [0.1, 0.15) is 31.2 Å². The third-order valence-corrected chi connectivity index (χ3v) is 3.22. The Bertz CT molecular complexity index is 565. The molecule has 1 heterocycles. The van der Waals surface area contributed by atoms with Gasteiger partial charge in [0.05, 0.1) is 5.69 Å². The predicted octanol–water partition coefficient (Wildman–Crippen LogP) is 3.09. The van der Waals surface area contributed by atoms with Crippen molar-refractivity contribution in [2.75, 3.05) is 0 Å². The highest BCUT2D eigenvalue weighted by molar-refractivity contribution is 5.72. The van der Waals surface area contributed by atoms with Crippen LogP contribution in [0.4, 0.5) is 0 Å². The van der Waals surface area contributed by atoms with Gasteiger partial charge >= 0.3 is 5.97 Å². The van der Waals surface area contributed by atoms with Gasteiger partial charge in [-0.2, -0.15) is 0 Å². The molecule has 5 nitrogen and oxygen atoms in total. The van der Waals surface area contributed by atoms with E-state index < -0.39 is 12.1 Å². The van der Waals surface area contributed by atoms with Gasteiger partial charge in [-0.1, -0.05) is 25.1 Å². The molecule has 1 aromatic heterocycles. The summed E-state index contributed by atoms with van der Waals surface area (Å²) in [6, 6.07) is 9.00. The Kier molecular flexibility index (Phi) is 5.37. The summed E-state index contributed by atoms with van der Waals surface area (Å²) in [5, 5.41) is 9.23. The fourth-order valence-electron chi connectivity index (χ4n) is 2.14. The van der Waals surface area contributed by atoms with E-state index in [0.29, 0.717) is 25.0 Å². The van der Waals surface area contributed by atoms with Gasteiger partial charge in [-0.3, -0.25) is 0 Å². The molecule has 0 bridgehead atoms. The fraction of sp³-hybridized carbons (Fsp3) is 0.375. The number of aliphatic carboxylic acids is 1. The maximum atomic E-state index is 11.3. The zero-order valence-electron chi connectivity index (χ0n) is 12.0. The lowest BCUT2D eigenvalue weighted by molar-refractivity contribution is -0.145. The van der Waals surface area contributed by atoms with Crippen LogP contribution in [0.2, 0.25) is 0 Å². The second kappa shape index (κ2) is 7.47. The lowest BCUT2D eigenvalue weighted by atomic mass is 10.1. The normalized spacial score (nSPS) is 12.0. The van der Waals surface area contributed by atoms with Crippen LogP contribution in [-0.4, -0.2) is 22.2 Å². The predicted molar refractivity (Wildman–Crippen MR) is 77.3 cm³/mol. The number of benzene rings is 1. The summed E-state index contributed by atoms with van der Waals surface area (Å²) in [4.78, 5) is 15.4. The molecule has 2 aromatic rings. The van der Waals surface area contributed by atoms with Crippen molar-refractivity contribution in [3.8, 4) is 5.75 Å². The average molecular weight is 289 g/mol. The number of hydrogen-bond donors (Lipinski definition) is 1. The molecular weight excluding hydrogens is 270 g/mol. The summed E-state index contributed by atoms with van der Waals surface area (Å²) in [5.41, 5.74) is 0.904. The molecule has 2 rings (SSSR count). The van der Waals surface area contributed by atoms with E-state index in [9.17, 15) is 9.90 Å². The Balaban J connectivity index is 1.87. The number of aromatic nitrogens is 1. The van der Waals surface area contributed by atoms with Gasteiger partial charge in [0.2, 0.25) is 0 Å². The number of hydrogen-bond acceptors (Lipinski definition) is 4. The summed E-state index contributed by atoms with van der Waals surface area (Å²) in [6.45, 7) is 2.00. The Morgan fingerprint density at radius 2 is 2.14 bits per heavy atom. The van der Waals surface area contributed by atoms with Crippen LogP contribution < -0.4 is 4.74 Å². The maximum absolute atomic E-state index is 11.3. The van der Waals surface area contributed by atoms with Gasteiger partial charge in [-0.15, -0.1) is 0 Å². The van der Waals surface area contributed by atoms with Crippen LogP contribution in [0.15, 0.2) is 41.1 Å². The molecule has 0 amide bonds. The van der Waals surface area contributed by atoms with Crippen LogP contribution in [0.5, 0.6) is 5.75 Å². The number of nitrogens with zero attached hydrogens (tertiary/aromatic N) is 1. The van der Waals surface area contributed by atoms with Gasteiger partial charge in [-0.05, 0) is 31.4 Å². The van der Waals surface area contributed by atoms with Gasteiger partial charge in [0.1, 0.15) is 11.5 Å². The summed E-state index contributed by atoms with van der Waals surface area (Å²) in [5.74, 6) is 0.487. The molecule has 1 aromatic carbocycles. The maximum Gasteiger partial charge on any atom is 0.344 e. The van der Waals surface area contributed by atoms with Gasteiger partial charge in [0, 0.05) is 6.42 Å². The van der Waals surface area contributed by atoms with Crippen LogP contribution in [0.3, 0.4) is 0 Å². The second-order valence-corrected chi connectivity index (χ2v) is 4.73. The molecule has 0 aliphatic carbocycles. The number of carbonyl (C=O) groups is 1. The van der Waals surface area contributed by atoms with Crippen molar-refractivity contribution in [1.29, 1.82) is 0 Å². The number of carboxylic acid groups (broad SMARTS) is 1. The van der Waals surface area contributed by atoms with Crippen molar-refractivity contribution in [3.63, 3.8) is 0 Å². The zero-order chi connectivity index (χ0) is 15.1. The molecule has 0 spiro atoms. The molecule has 21 heavy (non-hydrogen) atoms. The number of para-hydroxylation sites is 1. The molecule has 5 heteroatoms. The van der Waals surface area contributed by atoms with Crippen molar-refractivity contribution in [2.24, 2.45) is 0 Å². The van der Waals surface area contributed by atoms with Crippen molar-refractivity contribution in [3.05, 3.63) is 48.2 Å². The van der Waals surface area contributed by atoms with Crippen LogP contribution in [-0.2, 0) is 17.6 Å². The molecule has 0 radical (unpaired) electrons. The first kappa shape index (κ1) is 15.1. The quantitative estimate of drug-likeness (QED) is 0.808. The SMILES string of the molecule is CCc1ocnc1CCCC(Oc1ccccc1)C(=O)O. The Hall–Kier alpha value is -2.30. The average Bonchev–Trinajstić information content (AvgIpc) is 2.94. The molecule has 112 valence electrons. The number of carboxylic acids is 1. The van der Waals surface area contributed by atoms with E-state index in [0.717, 1.165) is 17.9 Å². The standard InChI is InChI=1S/C16H19NO4/c1-2-14-13(17-11-20-14)9-6-10-15(16(18)19)21-12-7-4-3-5-8-12/h3-5,7-8,11,15H,2,6,9-10H2,1H3,(H,18,19). The topological polar surface area (TPSA) is 72.6 Å². The highest BCUT2D eigenvalue weighted by Gasteiger charge is 2.19. The molecular formula is C16H19NO4. The zero-order valence-corrected chi connectivity index (χ0v) is 12.0. The first-order valence-electron chi connectivity index (χ1n) is 7.06. The smallest absolute Gasteiger partial charge is 0.344 e. The third-order valence-electron chi connectivity index (χ3n) is 3.22. The van der Waals surface area contributed by atoms with Crippen molar-refractivity contribution in [2.45, 2.75) is 38.7 Å². The fourth-order valence-corrected chi connectivity index (χ4v) is 2.14. The summed E-state index contributed by atoms with van der Waals surface area (Å²) >= 11 is 0. The molecule has 0 aliphatic heterocycles. The van der Waals surface area contributed by atoms with Gasteiger partial charge in [0.25, 0.3) is 0 Å². The van der Waals surface area contributed by atoms with Gasteiger partial charge < -0.3 is 14.3 Å². The summed E-state index contributed by atoms with van der Waals surface area (Å²) in [6.07, 6.45) is 3.19. The highest BCUT2D eigenvalue weighted by Crippen LogP contribution is 2.16. The van der Waals surface area contributed by atoms with Gasteiger partial charge in [0.15, 0.2) is 12.5 Å². The lowest BCUT2D eigenvalue weighted by Gasteiger charge is -2.14. The monoisotopic (exact) mass is 289 g/mol. The minimum absolute atomic E-state index is 0.431. The molecule has 1 N–H and O–H groups in total. The minimum atomic E-state index is -0.949. The van der Waals surface area contributed by atoms with E-state index in [1.54, 1.807) is 12.1 Å². The second-order valence-electron chi connectivity index (χ2n) is 4.73. The van der Waals surface area contributed by atoms with Crippen LogP contribution in [0, 0.1) is 0 Å². The van der Waals surface area contributed by atoms with Crippen molar-refractivity contribution < 1.29 is 19.1 Å². The molecule has 0 saturated carbocycles. The number of ether oxygens (including phenoxy) is 1. The highest BCUT2D eigenvalue weighted by atomic mass is 16.5. The Labute approximate surface area is 123 Å². The number of oxazole rings is 1. The molecule has 1 unspecified atom stereocenters. The van der Waals surface area contributed by atoms with E-state index in [2.05, 4.69) is 4.98 Å². The number of rotatable bonds is 8. The third kappa shape index (κ3) is 4.34. The summed E-state index contributed by atoms with van der Waals surface area (Å²) < 4.78 is 10.8. The Morgan fingerprint density at radius 1 is 1.38 bits per heavy atom. The van der Waals surface area contributed by atoms with E-state index in [1.165, 1.54) is 6.39 Å². The summed E-state index contributed by atoms with van der Waals surface area (Å²) in [7, 11) is 0. The van der Waals surface area contributed by atoms with Crippen molar-refractivity contribution >= 4 is 5.97 Å². The lowest BCUT2D eigenvalue weighted by Crippen LogP contribution is -2.27. The van der Waals surface area contributed by atoms with E-state index in [1.807, 2.05) is 25.1 Å². The van der Waals surface area contributed by atoms with Crippen LogP contribution >= 0.6 is 0 Å². The van der Waals surface area contributed by atoms with Crippen molar-refractivity contribution in [1.82, 2.24) is 4.98 Å². The molecule has 0 aliphatic rings. The largest absolute Gasteiger partial charge is 0.479 e. The Morgan fingerprint density at radius 3 is 2.81 bits per heavy atom. The number of aryl methyl sites for hydroxylation is 2. The van der Waals surface area contributed by atoms with E-state index in [4.69, 9.17) is 9.15 Å². The first-order chi connectivity index (χ1) is 10.2.